The molecule has 2 rings (SSSR count). The molecule has 0 unspecified atom stereocenters. The molecule has 25 heavy (non-hydrogen) atoms. The van der Waals surface area contributed by atoms with Gasteiger partial charge in [0.1, 0.15) is 0 Å². The second kappa shape index (κ2) is 16.7. The van der Waals surface area contributed by atoms with Crippen molar-refractivity contribution < 1.29 is 36.7 Å². The van der Waals surface area contributed by atoms with E-state index in [2.05, 4.69) is 25.3 Å². The van der Waals surface area contributed by atoms with Gasteiger partial charge in [-0.1, -0.05) is 10.8 Å². The fraction of sp³-hybridized carbons (Fsp3) is 0.250. The molecule has 0 spiro atoms. The number of aryl methyl sites for hydroxylation is 4. The van der Waals surface area contributed by atoms with Gasteiger partial charge in [0.15, 0.2) is 0 Å². The van der Waals surface area contributed by atoms with Crippen LogP contribution >= 0.6 is 0 Å². The van der Waals surface area contributed by atoms with Crippen molar-refractivity contribution in [3.05, 3.63) is 59.2 Å². The predicted octanol–water partition coefficient (Wildman–Crippen LogP) is 1.68. The Bertz CT molecular complexity index is 614. The van der Waals surface area contributed by atoms with Gasteiger partial charge in [0, 0.05) is 61.4 Å². The molecule has 0 aliphatic carbocycles. The zero-order valence-corrected chi connectivity index (χ0v) is 17.0. The molecule has 2 aromatic heterocycles. The molecule has 0 fully saturated rings. The Balaban J connectivity index is -0.000000287. The van der Waals surface area contributed by atoms with Crippen LogP contribution in [0.5, 0.6) is 0 Å². The van der Waals surface area contributed by atoms with E-state index < -0.39 is 0 Å². The van der Waals surface area contributed by atoms with Crippen molar-refractivity contribution in [1.29, 1.82) is 10.5 Å². The van der Waals surface area contributed by atoms with Gasteiger partial charge in [0.05, 0.1) is 0 Å². The Morgan fingerprint density at radius 3 is 1.00 bits per heavy atom. The van der Waals surface area contributed by atoms with E-state index in [0.29, 0.717) is 0 Å². The molecule has 0 saturated carbocycles. The van der Waals surface area contributed by atoms with Crippen molar-refractivity contribution in [2.24, 2.45) is 0 Å². The van der Waals surface area contributed by atoms with E-state index in [0.717, 1.165) is 22.8 Å². The molecular weight excluding hydrogens is 403 g/mol. The minimum absolute atomic E-state index is 0. The predicted molar refractivity (Wildman–Crippen MR) is 92.5 cm³/mol. The Morgan fingerprint density at radius 1 is 0.720 bits per heavy atom. The first-order valence-corrected chi connectivity index (χ1v) is 7.45. The molecular formula is C16H20CoN4O2S2+2. The van der Waals surface area contributed by atoms with Crippen LogP contribution in [0.1, 0.15) is 22.8 Å². The van der Waals surface area contributed by atoms with Crippen molar-refractivity contribution in [3.8, 4) is 10.8 Å². The fourth-order valence-electron chi connectivity index (χ4n) is 1.49. The van der Waals surface area contributed by atoms with Crippen LogP contribution in [0.2, 0.25) is 0 Å². The van der Waals surface area contributed by atoms with Gasteiger partial charge < -0.3 is 25.3 Å². The van der Waals surface area contributed by atoms with E-state index in [1.807, 2.05) is 64.1 Å². The van der Waals surface area contributed by atoms with E-state index in [4.69, 9.17) is 20.9 Å². The van der Waals surface area contributed by atoms with Crippen molar-refractivity contribution in [2.75, 3.05) is 0 Å². The molecule has 2 aromatic rings. The Labute approximate surface area is 169 Å². The van der Waals surface area contributed by atoms with Crippen LogP contribution in [-0.4, -0.2) is 10.4 Å². The van der Waals surface area contributed by atoms with Crippen molar-refractivity contribution in [3.63, 3.8) is 0 Å². The summed E-state index contributed by atoms with van der Waals surface area (Å²) in [7, 11) is 0. The van der Waals surface area contributed by atoms with Gasteiger partial charge in [0.25, 0.3) is 0 Å². The van der Waals surface area contributed by atoms with Crippen LogP contribution in [0.15, 0.2) is 36.4 Å². The summed E-state index contributed by atoms with van der Waals surface area (Å²) < 4.78 is 2.33. The largest absolute Gasteiger partial charge is 2.00 e. The molecule has 0 atom stereocenters. The summed E-state index contributed by atoms with van der Waals surface area (Å²) in [6.45, 7) is 7.42. The van der Waals surface area contributed by atoms with Crippen LogP contribution in [0.3, 0.4) is 0 Å². The smallest absolute Gasteiger partial charge is 0.696 e. The zero-order chi connectivity index (χ0) is 19.1. The first kappa shape index (κ1) is 27.7. The quantitative estimate of drug-likeness (QED) is 0.290. The summed E-state index contributed by atoms with van der Waals surface area (Å²) in [6.07, 6.45) is 0. The number of aromatic nitrogens is 2. The molecule has 0 bridgehead atoms. The van der Waals surface area contributed by atoms with Gasteiger partial charge in [-0.05, 0) is 12.1 Å². The molecule has 0 saturated heterocycles. The second-order valence-electron chi connectivity index (χ2n) is 4.42. The van der Waals surface area contributed by atoms with E-state index in [1.54, 1.807) is 0 Å². The van der Waals surface area contributed by atoms with E-state index in [9.17, 15) is 0 Å². The van der Waals surface area contributed by atoms with Gasteiger partial charge >= 0.3 is 16.8 Å². The van der Waals surface area contributed by atoms with Gasteiger partial charge in [0.2, 0.25) is 22.8 Å². The van der Waals surface area contributed by atoms with Crippen molar-refractivity contribution >= 4 is 25.3 Å². The fourth-order valence-corrected chi connectivity index (χ4v) is 1.49. The van der Waals surface area contributed by atoms with Gasteiger partial charge in [-0.3, -0.25) is 10.4 Å². The minimum Gasteiger partial charge on any atom is -0.696 e. The Hall–Kier alpha value is -2.17. The summed E-state index contributed by atoms with van der Waals surface area (Å²) >= 11 is 7.40. The third-order valence-electron chi connectivity index (χ3n) is 2.69. The van der Waals surface area contributed by atoms with E-state index in [-0.39, 0.29) is 16.8 Å². The maximum absolute atomic E-state index is 9.12. The molecule has 0 aliphatic heterocycles. The molecule has 9 heteroatoms. The van der Waals surface area contributed by atoms with Gasteiger partial charge in [-0.15, -0.1) is 0 Å². The average molecular weight is 423 g/mol. The normalized spacial score (nSPS) is 7.44. The third-order valence-corrected chi connectivity index (χ3v) is 2.69. The van der Waals surface area contributed by atoms with Crippen LogP contribution in [0.25, 0.3) is 0 Å². The molecule has 0 aromatic carbocycles. The second-order valence-corrected chi connectivity index (χ2v) is 4.79. The standard InChI is InChI=1S/2C7H10NO.2CHNS.Co/c2*1-6-4-3-5-7(2)8(6)9;2*2-1-3;/h2*3-5,9H,1-2H3;2*3H;/q2*+1;;;+2/p-2. The molecule has 0 aliphatic rings. The number of nitrogens with zero attached hydrogens (tertiary/aromatic N) is 4. The van der Waals surface area contributed by atoms with Gasteiger partial charge in [-0.2, -0.15) is 0 Å². The number of nitriles is 2. The SMILES string of the molecule is Cc1cccc(C)[n+]1O.Cc1cccc(C)[n+]1O.N#C[S-].N#C[S-].[Co+2]. The Kier molecular flexibility index (Phi) is 18.5. The third kappa shape index (κ3) is 12.9. The van der Waals surface area contributed by atoms with Gasteiger partial charge in [-0.25, -0.2) is 10.5 Å². The summed E-state index contributed by atoms with van der Waals surface area (Å²) in [5.74, 6) is 0. The molecule has 2 N–H and O–H groups in total. The number of hydrogen-bond acceptors (Lipinski definition) is 6. The van der Waals surface area contributed by atoms with Crippen LogP contribution in [0, 0.1) is 49.0 Å². The average Bonchev–Trinajstić information content (AvgIpc) is 2.52. The number of thiocyanates is 2. The summed E-state index contributed by atoms with van der Waals surface area (Å²) in [6, 6.07) is 11.2. The van der Waals surface area contributed by atoms with E-state index >= 15 is 0 Å². The monoisotopic (exact) mass is 423 g/mol. The van der Waals surface area contributed by atoms with Crippen LogP contribution < -0.4 is 9.46 Å². The maximum Gasteiger partial charge on any atom is 2.00 e. The maximum atomic E-state index is 9.12. The zero-order valence-electron chi connectivity index (χ0n) is 14.3. The number of rotatable bonds is 0. The topological polar surface area (TPSA) is 95.8 Å². The molecule has 6 nitrogen and oxygen atoms in total. The first-order valence-electron chi connectivity index (χ1n) is 6.64. The van der Waals surface area contributed by atoms with Crippen LogP contribution in [0.4, 0.5) is 0 Å². The number of hydrogen-bond donors (Lipinski definition) is 2. The molecule has 2 heterocycles. The number of pyridine rings is 2. The van der Waals surface area contributed by atoms with Crippen molar-refractivity contribution in [2.45, 2.75) is 27.7 Å². The Morgan fingerprint density at radius 2 is 0.880 bits per heavy atom. The minimum atomic E-state index is 0. The first-order chi connectivity index (χ1) is 11.3. The van der Waals surface area contributed by atoms with Crippen LogP contribution in [-0.2, 0) is 42.0 Å². The molecule has 0 amide bonds. The molecule has 1 radical (unpaired) electrons. The van der Waals surface area contributed by atoms with E-state index in [1.165, 1.54) is 20.3 Å². The summed E-state index contributed by atoms with van der Waals surface area (Å²) in [4.78, 5) is 0. The summed E-state index contributed by atoms with van der Waals surface area (Å²) in [5, 5.41) is 35.2. The molecule has 135 valence electrons. The summed E-state index contributed by atoms with van der Waals surface area (Å²) in [5.41, 5.74) is 3.43. The van der Waals surface area contributed by atoms with Crippen molar-refractivity contribution in [1.82, 2.24) is 0 Å².